The van der Waals surface area contributed by atoms with Gasteiger partial charge >= 0.3 is 6.18 Å². The molecule has 23 heavy (non-hydrogen) atoms. The molecule has 2 aromatic carbocycles. The van der Waals surface area contributed by atoms with Crippen LogP contribution in [0.2, 0.25) is 0 Å². The summed E-state index contributed by atoms with van der Waals surface area (Å²) in [5, 5.41) is 8.99. The van der Waals surface area contributed by atoms with Crippen LogP contribution < -0.4 is 0 Å². The van der Waals surface area contributed by atoms with Gasteiger partial charge in [0.2, 0.25) is 0 Å². The molecule has 1 atom stereocenters. The van der Waals surface area contributed by atoms with Crippen molar-refractivity contribution in [1.29, 1.82) is 0 Å². The third kappa shape index (κ3) is 5.37. The average molecular weight is 324 g/mol. The zero-order valence-electron chi connectivity index (χ0n) is 12.6. The molecule has 0 bridgehead atoms. The molecule has 0 heterocycles. The van der Waals surface area contributed by atoms with Crippen molar-refractivity contribution in [3.8, 4) is 0 Å². The van der Waals surface area contributed by atoms with Crippen LogP contribution in [0.25, 0.3) is 0 Å². The predicted octanol–water partition coefficient (Wildman–Crippen LogP) is 4.74. The molecule has 1 N–H and O–H groups in total. The number of ether oxygens (including phenoxy) is 1. The minimum Gasteiger partial charge on any atom is -0.396 e. The second-order valence-corrected chi connectivity index (χ2v) is 5.27. The molecule has 0 saturated heterocycles. The summed E-state index contributed by atoms with van der Waals surface area (Å²) in [6.07, 6.45) is -3.26. The lowest BCUT2D eigenvalue weighted by Gasteiger charge is -2.18. The summed E-state index contributed by atoms with van der Waals surface area (Å²) >= 11 is 0. The Kier molecular flexibility index (Phi) is 6.19. The number of benzene rings is 2. The van der Waals surface area contributed by atoms with Crippen LogP contribution in [-0.2, 0) is 17.5 Å². The molecule has 0 aliphatic heterocycles. The maximum absolute atomic E-state index is 12.5. The molecular weight excluding hydrogens is 305 g/mol. The SMILES string of the molecule is OCCCC(OCc1ccc(C(F)(F)F)cc1)c1ccccc1. The van der Waals surface area contributed by atoms with Gasteiger partial charge in [-0.2, -0.15) is 13.2 Å². The van der Waals surface area contributed by atoms with Crippen LogP contribution in [0, 0.1) is 0 Å². The minimum absolute atomic E-state index is 0.0764. The van der Waals surface area contributed by atoms with Crippen molar-refractivity contribution in [2.45, 2.75) is 31.7 Å². The fourth-order valence-corrected chi connectivity index (χ4v) is 2.28. The molecule has 2 rings (SSSR count). The highest BCUT2D eigenvalue weighted by atomic mass is 19.4. The van der Waals surface area contributed by atoms with E-state index in [-0.39, 0.29) is 19.3 Å². The minimum atomic E-state index is -4.33. The van der Waals surface area contributed by atoms with Gasteiger partial charge in [0.05, 0.1) is 18.3 Å². The first kappa shape index (κ1) is 17.5. The lowest BCUT2D eigenvalue weighted by Crippen LogP contribution is -2.07. The van der Waals surface area contributed by atoms with Gasteiger partial charge in [0.25, 0.3) is 0 Å². The fourth-order valence-electron chi connectivity index (χ4n) is 2.28. The molecule has 124 valence electrons. The first-order valence-corrected chi connectivity index (χ1v) is 7.44. The van der Waals surface area contributed by atoms with Gasteiger partial charge in [-0.25, -0.2) is 0 Å². The zero-order valence-corrected chi connectivity index (χ0v) is 12.6. The number of alkyl halides is 3. The van der Waals surface area contributed by atoms with Crippen molar-refractivity contribution in [2.24, 2.45) is 0 Å². The van der Waals surface area contributed by atoms with Crippen LogP contribution in [0.3, 0.4) is 0 Å². The molecule has 0 aliphatic carbocycles. The Morgan fingerprint density at radius 2 is 1.61 bits per heavy atom. The second-order valence-electron chi connectivity index (χ2n) is 5.27. The molecule has 0 saturated carbocycles. The highest BCUT2D eigenvalue weighted by molar-refractivity contribution is 5.24. The topological polar surface area (TPSA) is 29.5 Å². The molecule has 0 aliphatic rings. The van der Waals surface area contributed by atoms with Gasteiger partial charge < -0.3 is 9.84 Å². The first-order chi connectivity index (χ1) is 11.0. The van der Waals surface area contributed by atoms with Crippen molar-refractivity contribution in [3.63, 3.8) is 0 Å². The van der Waals surface area contributed by atoms with Crippen molar-refractivity contribution in [2.75, 3.05) is 6.61 Å². The summed E-state index contributed by atoms with van der Waals surface area (Å²) in [5.74, 6) is 0. The Bertz CT molecular complexity index is 579. The highest BCUT2D eigenvalue weighted by Gasteiger charge is 2.29. The number of aliphatic hydroxyl groups excluding tert-OH is 1. The smallest absolute Gasteiger partial charge is 0.396 e. The summed E-state index contributed by atoms with van der Waals surface area (Å²) in [4.78, 5) is 0. The largest absolute Gasteiger partial charge is 0.416 e. The quantitative estimate of drug-likeness (QED) is 0.797. The number of hydrogen-bond donors (Lipinski definition) is 1. The standard InChI is InChI=1S/C18H19F3O2/c19-18(20,21)16-10-8-14(9-11-16)13-23-17(7-4-12-22)15-5-2-1-3-6-15/h1-3,5-6,8-11,17,22H,4,7,12-13H2. The Hall–Kier alpha value is -1.85. The van der Waals surface area contributed by atoms with E-state index >= 15 is 0 Å². The molecule has 2 aromatic rings. The molecular formula is C18H19F3O2. The molecule has 0 amide bonds. The maximum atomic E-state index is 12.5. The Morgan fingerprint density at radius 3 is 2.17 bits per heavy atom. The molecule has 0 aromatic heterocycles. The lowest BCUT2D eigenvalue weighted by molar-refractivity contribution is -0.137. The van der Waals surface area contributed by atoms with Crippen molar-refractivity contribution >= 4 is 0 Å². The van der Waals surface area contributed by atoms with E-state index < -0.39 is 11.7 Å². The van der Waals surface area contributed by atoms with Gasteiger partial charge in [0.15, 0.2) is 0 Å². The van der Waals surface area contributed by atoms with Gasteiger partial charge in [-0.1, -0.05) is 42.5 Å². The van der Waals surface area contributed by atoms with Crippen LogP contribution in [0.4, 0.5) is 13.2 Å². The van der Waals surface area contributed by atoms with E-state index in [1.807, 2.05) is 30.3 Å². The molecule has 2 nitrogen and oxygen atoms in total. The Morgan fingerprint density at radius 1 is 0.957 bits per heavy atom. The number of hydrogen-bond acceptors (Lipinski definition) is 2. The highest BCUT2D eigenvalue weighted by Crippen LogP contribution is 2.29. The number of halogens is 3. The van der Waals surface area contributed by atoms with Gasteiger partial charge in [0.1, 0.15) is 0 Å². The van der Waals surface area contributed by atoms with E-state index in [0.717, 1.165) is 17.7 Å². The summed E-state index contributed by atoms with van der Waals surface area (Å²) in [7, 11) is 0. The normalized spacial score (nSPS) is 13.0. The summed E-state index contributed by atoms with van der Waals surface area (Å²) in [6, 6.07) is 14.6. The van der Waals surface area contributed by atoms with Crippen molar-refractivity contribution in [3.05, 3.63) is 71.3 Å². The summed E-state index contributed by atoms with van der Waals surface area (Å²) < 4.78 is 43.5. The Balaban J connectivity index is 2.00. The van der Waals surface area contributed by atoms with E-state index in [1.54, 1.807) is 0 Å². The molecule has 0 spiro atoms. The van der Waals surface area contributed by atoms with E-state index in [4.69, 9.17) is 9.84 Å². The van der Waals surface area contributed by atoms with E-state index in [0.29, 0.717) is 18.4 Å². The number of rotatable bonds is 7. The molecule has 0 radical (unpaired) electrons. The third-order valence-electron chi connectivity index (χ3n) is 3.53. The molecule has 1 unspecified atom stereocenters. The van der Waals surface area contributed by atoms with Crippen LogP contribution in [-0.4, -0.2) is 11.7 Å². The van der Waals surface area contributed by atoms with Crippen LogP contribution in [0.5, 0.6) is 0 Å². The fraction of sp³-hybridized carbons (Fsp3) is 0.333. The average Bonchev–Trinajstić information content (AvgIpc) is 2.55. The molecule has 5 heteroatoms. The monoisotopic (exact) mass is 324 g/mol. The van der Waals surface area contributed by atoms with Crippen LogP contribution in [0.15, 0.2) is 54.6 Å². The van der Waals surface area contributed by atoms with Gasteiger partial charge in [0, 0.05) is 6.61 Å². The van der Waals surface area contributed by atoms with Crippen LogP contribution in [0.1, 0.15) is 35.6 Å². The van der Waals surface area contributed by atoms with Crippen molar-refractivity contribution in [1.82, 2.24) is 0 Å². The van der Waals surface area contributed by atoms with Gasteiger partial charge in [-0.3, -0.25) is 0 Å². The number of aliphatic hydroxyl groups is 1. The van der Waals surface area contributed by atoms with Crippen LogP contribution >= 0.6 is 0 Å². The van der Waals surface area contributed by atoms with E-state index in [1.165, 1.54) is 12.1 Å². The van der Waals surface area contributed by atoms with Crippen molar-refractivity contribution < 1.29 is 23.0 Å². The molecule has 0 fully saturated rings. The predicted molar refractivity (Wildman–Crippen MR) is 81.7 cm³/mol. The first-order valence-electron chi connectivity index (χ1n) is 7.44. The lowest BCUT2D eigenvalue weighted by atomic mass is 10.0. The second kappa shape index (κ2) is 8.13. The van der Waals surface area contributed by atoms with E-state index in [9.17, 15) is 13.2 Å². The third-order valence-corrected chi connectivity index (χ3v) is 3.53. The van der Waals surface area contributed by atoms with Gasteiger partial charge in [-0.15, -0.1) is 0 Å². The summed E-state index contributed by atoms with van der Waals surface area (Å²) in [5.41, 5.74) is 1.01. The van der Waals surface area contributed by atoms with Gasteiger partial charge in [-0.05, 0) is 36.1 Å². The maximum Gasteiger partial charge on any atom is 0.416 e. The zero-order chi connectivity index (χ0) is 16.7. The summed E-state index contributed by atoms with van der Waals surface area (Å²) in [6.45, 7) is 0.302. The van der Waals surface area contributed by atoms with E-state index in [2.05, 4.69) is 0 Å². The Labute approximate surface area is 133 Å².